The zero-order valence-corrected chi connectivity index (χ0v) is 10.6. The molecule has 0 aliphatic heterocycles. The zero-order valence-electron chi connectivity index (χ0n) is 10.6. The molecule has 2 rings (SSSR count). The lowest BCUT2D eigenvalue weighted by Crippen LogP contribution is -2.19. The van der Waals surface area contributed by atoms with Crippen molar-refractivity contribution >= 4 is 11.6 Å². The molecule has 0 aliphatic carbocycles. The van der Waals surface area contributed by atoms with E-state index in [4.69, 9.17) is 5.84 Å². The van der Waals surface area contributed by atoms with Gasteiger partial charge in [0.25, 0.3) is 0 Å². The average Bonchev–Trinajstić information content (AvgIpc) is 2.39. The number of benzene rings is 1. The number of nitrogens with two attached hydrogens (primary N) is 1. The first-order valence-electron chi connectivity index (χ1n) is 5.76. The Labute approximate surface area is 107 Å². The monoisotopic (exact) mass is 243 g/mol. The van der Waals surface area contributed by atoms with Gasteiger partial charge >= 0.3 is 0 Å². The number of anilines is 2. The molecule has 0 atom stereocenters. The van der Waals surface area contributed by atoms with Crippen LogP contribution >= 0.6 is 0 Å². The Balaban J connectivity index is 2.18. The highest BCUT2D eigenvalue weighted by Gasteiger charge is 2.06. The molecule has 0 unspecified atom stereocenters. The summed E-state index contributed by atoms with van der Waals surface area (Å²) in [6, 6.07) is 12.1. The molecule has 5 heteroatoms. The number of hydrazine groups is 1. The molecule has 0 saturated heterocycles. The van der Waals surface area contributed by atoms with E-state index in [0.29, 0.717) is 11.6 Å². The number of nitrogen functional groups attached to an aromatic ring is 1. The van der Waals surface area contributed by atoms with E-state index in [1.807, 2.05) is 38.2 Å². The van der Waals surface area contributed by atoms with Crippen LogP contribution in [0, 0.1) is 6.92 Å². The molecule has 1 aromatic carbocycles. The molecule has 1 heterocycles. The molecule has 0 amide bonds. The van der Waals surface area contributed by atoms with Gasteiger partial charge in [-0.3, -0.25) is 0 Å². The highest BCUT2D eigenvalue weighted by Crippen LogP contribution is 2.16. The number of rotatable bonds is 4. The summed E-state index contributed by atoms with van der Waals surface area (Å²) in [6.45, 7) is 2.64. The summed E-state index contributed by atoms with van der Waals surface area (Å²) in [7, 11) is 2.00. The number of nitrogens with zero attached hydrogens (tertiary/aromatic N) is 3. The first-order valence-corrected chi connectivity index (χ1v) is 5.76. The first kappa shape index (κ1) is 12.3. The second-order valence-corrected chi connectivity index (χ2v) is 4.14. The highest BCUT2D eigenvalue weighted by atomic mass is 15.3. The van der Waals surface area contributed by atoms with Gasteiger partial charge in [-0.05, 0) is 12.5 Å². The minimum Gasteiger partial charge on any atom is -0.355 e. The molecule has 0 bridgehead atoms. The average molecular weight is 243 g/mol. The molecule has 18 heavy (non-hydrogen) atoms. The van der Waals surface area contributed by atoms with Crippen molar-refractivity contribution in [1.29, 1.82) is 0 Å². The van der Waals surface area contributed by atoms with Crippen LogP contribution in [0.25, 0.3) is 0 Å². The van der Waals surface area contributed by atoms with E-state index in [1.54, 1.807) is 0 Å². The molecule has 5 nitrogen and oxygen atoms in total. The van der Waals surface area contributed by atoms with Gasteiger partial charge in [-0.25, -0.2) is 15.8 Å². The summed E-state index contributed by atoms with van der Waals surface area (Å²) in [5, 5.41) is 0. The summed E-state index contributed by atoms with van der Waals surface area (Å²) < 4.78 is 0. The highest BCUT2D eigenvalue weighted by molar-refractivity contribution is 5.48. The Kier molecular flexibility index (Phi) is 3.74. The van der Waals surface area contributed by atoms with Crippen molar-refractivity contribution in [2.75, 3.05) is 17.4 Å². The van der Waals surface area contributed by atoms with E-state index in [0.717, 1.165) is 12.4 Å². The van der Waals surface area contributed by atoms with Gasteiger partial charge in [-0.15, -0.1) is 0 Å². The molecule has 3 N–H and O–H groups in total. The SMILES string of the molecule is Cc1nc(NN)cc(N(C)Cc2ccccc2)n1. The van der Waals surface area contributed by atoms with Gasteiger partial charge in [0.2, 0.25) is 0 Å². The predicted octanol–water partition coefficient (Wildman–Crippen LogP) is 1.71. The van der Waals surface area contributed by atoms with Crippen LogP contribution in [-0.2, 0) is 6.54 Å². The molecular formula is C13H17N5. The van der Waals surface area contributed by atoms with E-state index < -0.39 is 0 Å². The Morgan fingerprint density at radius 2 is 1.94 bits per heavy atom. The van der Waals surface area contributed by atoms with Gasteiger partial charge in [0.15, 0.2) is 0 Å². The third kappa shape index (κ3) is 2.95. The number of hydrogen-bond acceptors (Lipinski definition) is 5. The molecular weight excluding hydrogens is 226 g/mol. The second-order valence-electron chi connectivity index (χ2n) is 4.14. The Bertz CT molecular complexity index is 512. The van der Waals surface area contributed by atoms with Crippen molar-refractivity contribution in [1.82, 2.24) is 9.97 Å². The number of aromatic nitrogens is 2. The lowest BCUT2D eigenvalue weighted by atomic mass is 10.2. The van der Waals surface area contributed by atoms with Crippen LogP contribution in [0.1, 0.15) is 11.4 Å². The molecule has 2 aromatic rings. The minimum atomic E-state index is 0.623. The maximum absolute atomic E-state index is 5.38. The van der Waals surface area contributed by atoms with E-state index in [-0.39, 0.29) is 0 Å². The second kappa shape index (κ2) is 5.46. The summed E-state index contributed by atoms with van der Waals surface area (Å²) in [5.41, 5.74) is 3.78. The smallest absolute Gasteiger partial charge is 0.145 e. The van der Waals surface area contributed by atoms with E-state index >= 15 is 0 Å². The summed E-state index contributed by atoms with van der Waals surface area (Å²) in [4.78, 5) is 10.6. The molecule has 0 fully saturated rings. The first-order chi connectivity index (χ1) is 8.69. The van der Waals surface area contributed by atoms with Gasteiger partial charge in [-0.1, -0.05) is 30.3 Å². The van der Waals surface area contributed by atoms with Crippen molar-refractivity contribution < 1.29 is 0 Å². The van der Waals surface area contributed by atoms with E-state index in [2.05, 4.69) is 32.4 Å². The zero-order chi connectivity index (χ0) is 13.0. The lowest BCUT2D eigenvalue weighted by molar-refractivity contribution is 0.879. The lowest BCUT2D eigenvalue weighted by Gasteiger charge is -2.19. The fourth-order valence-corrected chi connectivity index (χ4v) is 1.76. The summed E-state index contributed by atoms with van der Waals surface area (Å²) in [5.74, 6) is 7.55. The number of aryl methyl sites for hydroxylation is 1. The van der Waals surface area contributed by atoms with Crippen molar-refractivity contribution in [2.45, 2.75) is 13.5 Å². The molecule has 0 aliphatic rings. The third-order valence-electron chi connectivity index (χ3n) is 2.63. The molecule has 0 spiro atoms. The molecule has 94 valence electrons. The number of nitrogens with one attached hydrogen (secondary N) is 1. The standard InChI is InChI=1S/C13H17N5/c1-10-15-12(17-14)8-13(16-10)18(2)9-11-6-4-3-5-7-11/h3-8H,9,14H2,1-2H3,(H,15,16,17). The predicted molar refractivity (Wildman–Crippen MR) is 73.1 cm³/mol. The molecule has 0 radical (unpaired) electrons. The van der Waals surface area contributed by atoms with E-state index in [9.17, 15) is 0 Å². The quantitative estimate of drug-likeness (QED) is 0.632. The van der Waals surface area contributed by atoms with Crippen LogP contribution < -0.4 is 16.2 Å². The van der Waals surface area contributed by atoms with Gasteiger partial charge in [0.05, 0.1) is 0 Å². The Morgan fingerprint density at radius 3 is 2.61 bits per heavy atom. The fraction of sp³-hybridized carbons (Fsp3) is 0.231. The largest absolute Gasteiger partial charge is 0.355 e. The normalized spacial score (nSPS) is 10.2. The summed E-state index contributed by atoms with van der Waals surface area (Å²) in [6.07, 6.45) is 0. The third-order valence-corrected chi connectivity index (χ3v) is 2.63. The van der Waals surface area contributed by atoms with Gasteiger partial charge in [0.1, 0.15) is 17.5 Å². The van der Waals surface area contributed by atoms with Gasteiger partial charge < -0.3 is 10.3 Å². The van der Waals surface area contributed by atoms with Crippen LogP contribution in [0.4, 0.5) is 11.6 Å². The van der Waals surface area contributed by atoms with Crippen molar-refractivity contribution in [3.63, 3.8) is 0 Å². The fourth-order valence-electron chi connectivity index (χ4n) is 1.76. The summed E-state index contributed by atoms with van der Waals surface area (Å²) >= 11 is 0. The van der Waals surface area contributed by atoms with Crippen LogP contribution in [0.15, 0.2) is 36.4 Å². The maximum atomic E-state index is 5.38. The Hall–Kier alpha value is -2.14. The minimum absolute atomic E-state index is 0.623. The van der Waals surface area contributed by atoms with Crippen molar-refractivity contribution in [3.8, 4) is 0 Å². The topological polar surface area (TPSA) is 67.1 Å². The maximum Gasteiger partial charge on any atom is 0.145 e. The van der Waals surface area contributed by atoms with Crippen LogP contribution in [-0.4, -0.2) is 17.0 Å². The van der Waals surface area contributed by atoms with Crippen LogP contribution in [0.5, 0.6) is 0 Å². The molecule has 1 aromatic heterocycles. The molecule has 0 saturated carbocycles. The van der Waals surface area contributed by atoms with Crippen molar-refractivity contribution in [3.05, 3.63) is 47.8 Å². The number of hydrogen-bond donors (Lipinski definition) is 2. The van der Waals surface area contributed by atoms with Crippen LogP contribution in [0.3, 0.4) is 0 Å². The van der Waals surface area contributed by atoms with Crippen LogP contribution in [0.2, 0.25) is 0 Å². The Morgan fingerprint density at radius 1 is 1.22 bits per heavy atom. The van der Waals surface area contributed by atoms with Crippen molar-refractivity contribution in [2.24, 2.45) is 5.84 Å². The van der Waals surface area contributed by atoms with E-state index in [1.165, 1.54) is 5.56 Å². The van der Waals surface area contributed by atoms with Gasteiger partial charge in [0, 0.05) is 19.7 Å². The van der Waals surface area contributed by atoms with Gasteiger partial charge in [-0.2, -0.15) is 0 Å².